The summed E-state index contributed by atoms with van der Waals surface area (Å²) in [7, 11) is 0. The topological polar surface area (TPSA) is 83.8 Å². The summed E-state index contributed by atoms with van der Waals surface area (Å²) in [5.41, 5.74) is 0.584. The summed E-state index contributed by atoms with van der Waals surface area (Å²) in [4.78, 5) is 23.7. The molecule has 0 amide bonds. The molecular weight excluding hydrogens is 296 g/mol. The average Bonchev–Trinajstić information content (AvgIpc) is 2.52. The van der Waals surface area contributed by atoms with E-state index < -0.39 is 11.9 Å². The number of carboxylic acids is 1. The molecule has 0 saturated carbocycles. The molecule has 5 nitrogen and oxygen atoms in total. The number of carbonyl (C=O) groups is 2. The molecule has 0 fully saturated rings. The van der Waals surface area contributed by atoms with E-state index in [0.29, 0.717) is 18.6 Å². The van der Waals surface area contributed by atoms with Gasteiger partial charge in [-0.1, -0.05) is 39.5 Å². The molecule has 0 aliphatic carbocycles. The Hall–Kier alpha value is -2.04. The molecule has 0 heterocycles. The van der Waals surface area contributed by atoms with Gasteiger partial charge in [-0.25, -0.2) is 9.59 Å². The fourth-order valence-electron chi connectivity index (χ4n) is 2.45. The minimum Gasteiger partial charge on any atom is -0.508 e. The Labute approximate surface area is 137 Å². The maximum Gasteiger partial charge on any atom is 0.338 e. The predicted octanol–water partition coefficient (Wildman–Crippen LogP) is 4.17. The number of aromatic carboxylic acids is 1. The van der Waals surface area contributed by atoms with E-state index >= 15 is 0 Å². The Morgan fingerprint density at radius 2 is 1.61 bits per heavy atom. The van der Waals surface area contributed by atoms with Crippen molar-refractivity contribution in [2.45, 2.75) is 58.8 Å². The van der Waals surface area contributed by atoms with Crippen LogP contribution in [0.25, 0.3) is 0 Å². The summed E-state index contributed by atoms with van der Waals surface area (Å²) in [6.45, 7) is 4.42. The van der Waals surface area contributed by atoms with Crippen molar-refractivity contribution in [2.24, 2.45) is 0 Å². The molecule has 1 aromatic rings. The minimum atomic E-state index is -1.15. The number of benzene rings is 1. The third-order valence-electron chi connectivity index (χ3n) is 3.70. The van der Waals surface area contributed by atoms with Gasteiger partial charge in [-0.05, 0) is 37.0 Å². The number of esters is 1. The van der Waals surface area contributed by atoms with Crippen LogP contribution < -0.4 is 0 Å². The summed E-state index contributed by atoms with van der Waals surface area (Å²) >= 11 is 0. The Bertz CT molecular complexity index is 536. The highest BCUT2D eigenvalue weighted by atomic mass is 16.5. The van der Waals surface area contributed by atoms with Gasteiger partial charge in [0.25, 0.3) is 0 Å². The zero-order chi connectivity index (χ0) is 17.2. The summed E-state index contributed by atoms with van der Waals surface area (Å²) in [6.07, 6.45) is 5.99. The van der Waals surface area contributed by atoms with E-state index in [-0.39, 0.29) is 16.9 Å². The molecule has 1 aromatic carbocycles. The Kier molecular flexibility index (Phi) is 8.16. The summed E-state index contributed by atoms with van der Waals surface area (Å²) in [6, 6.07) is 2.49. The van der Waals surface area contributed by atoms with E-state index in [9.17, 15) is 19.8 Å². The molecule has 5 heteroatoms. The summed E-state index contributed by atoms with van der Waals surface area (Å²) < 4.78 is 5.22. The number of unbranched alkanes of at least 4 members (excludes halogenated alkanes) is 4. The largest absolute Gasteiger partial charge is 0.508 e. The van der Waals surface area contributed by atoms with Gasteiger partial charge < -0.3 is 14.9 Å². The molecule has 0 bridgehead atoms. The van der Waals surface area contributed by atoms with Crippen LogP contribution in [0.15, 0.2) is 12.1 Å². The highest BCUT2D eigenvalue weighted by molar-refractivity contribution is 5.98. The number of hydrogen-bond donors (Lipinski definition) is 2. The highest BCUT2D eigenvalue weighted by Crippen LogP contribution is 2.25. The van der Waals surface area contributed by atoms with Crippen molar-refractivity contribution >= 4 is 11.9 Å². The number of phenolic OH excluding ortho intramolecular Hbond substituents is 1. The quantitative estimate of drug-likeness (QED) is 0.499. The van der Waals surface area contributed by atoms with Gasteiger partial charge in [0, 0.05) is 0 Å². The van der Waals surface area contributed by atoms with Crippen LogP contribution in [0.3, 0.4) is 0 Å². The van der Waals surface area contributed by atoms with Gasteiger partial charge in [0.15, 0.2) is 0 Å². The van der Waals surface area contributed by atoms with Crippen LogP contribution in [-0.4, -0.2) is 28.8 Å². The van der Waals surface area contributed by atoms with E-state index in [0.717, 1.165) is 38.5 Å². The Morgan fingerprint density at radius 1 is 1.00 bits per heavy atom. The maximum atomic E-state index is 12.3. The fraction of sp³-hybridized carbons (Fsp3) is 0.556. The molecule has 0 aliphatic rings. The first kappa shape index (κ1) is 19.0. The third-order valence-corrected chi connectivity index (χ3v) is 3.70. The van der Waals surface area contributed by atoms with Gasteiger partial charge in [-0.15, -0.1) is 0 Å². The summed E-state index contributed by atoms with van der Waals surface area (Å²) in [5.74, 6) is -1.94. The van der Waals surface area contributed by atoms with Gasteiger partial charge in [-0.2, -0.15) is 0 Å². The zero-order valence-corrected chi connectivity index (χ0v) is 13.9. The van der Waals surface area contributed by atoms with Crippen LogP contribution >= 0.6 is 0 Å². The Balaban J connectivity index is 3.01. The lowest BCUT2D eigenvalue weighted by atomic mass is 9.95. The van der Waals surface area contributed by atoms with Crippen LogP contribution in [0.1, 0.15) is 78.7 Å². The van der Waals surface area contributed by atoms with E-state index in [4.69, 9.17) is 4.74 Å². The number of rotatable bonds is 10. The second-order valence-electron chi connectivity index (χ2n) is 5.62. The van der Waals surface area contributed by atoms with Crippen molar-refractivity contribution in [3.8, 4) is 5.75 Å². The second kappa shape index (κ2) is 9.87. The monoisotopic (exact) mass is 322 g/mol. The van der Waals surface area contributed by atoms with Crippen molar-refractivity contribution in [3.05, 3.63) is 28.8 Å². The molecule has 0 atom stereocenters. The van der Waals surface area contributed by atoms with Crippen LogP contribution in [0.4, 0.5) is 0 Å². The van der Waals surface area contributed by atoms with Crippen molar-refractivity contribution < 1.29 is 24.5 Å². The van der Waals surface area contributed by atoms with E-state index in [2.05, 4.69) is 13.8 Å². The number of carbonyl (C=O) groups excluding carboxylic acids is 1. The molecule has 0 radical (unpaired) electrons. The van der Waals surface area contributed by atoms with Crippen molar-refractivity contribution in [2.75, 3.05) is 6.61 Å². The molecule has 0 aromatic heterocycles. The highest BCUT2D eigenvalue weighted by Gasteiger charge is 2.21. The lowest BCUT2D eigenvalue weighted by Gasteiger charge is -2.13. The van der Waals surface area contributed by atoms with Crippen molar-refractivity contribution in [1.29, 1.82) is 0 Å². The summed E-state index contributed by atoms with van der Waals surface area (Å²) in [5, 5.41) is 19.1. The molecule has 1 rings (SSSR count). The third kappa shape index (κ3) is 5.93. The first-order valence-electron chi connectivity index (χ1n) is 8.27. The normalized spacial score (nSPS) is 10.5. The molecule has 0 saturated heterocycles. The van der Waals surface area contributed by atoms with E-state index in [1.54, 1.807) is 0 Å². The first-order chi connectivity index (χ1) is 11.0. The number of phenols is 1. The van der Waals surface area contributed by atoms with E-state index in [1.165, 1.54) is 12.1 Å². The molecule has 0 spiro atoms. The van der Waals surface area contributed by atoms with Gasteiger partial charge in [0.2, 0.25) is 0 Å². The Morgan fingerprint density at radius 3 is 2.22 bits per heavy atom. The standard InChI is InChI=1S/C18H26O5/c1-3-5-7-9-14-15(17(20)21)11-13(19)12-16(14)18(22)23-10-8-6-4-2/h11-12,19H,3-10H2,1-2H3,(H,20,21). The van der Waals surface area contributed by atoms with Gasteiger partial charge >= 0.3 is 11.9 Å². The van der Waals surface area contributed by atoms with Crippen molar-refractivity contribution in [1.82, 2.24) is 0 Å². The maximum absolute atomic E-state index is 12.3. The first-order valence-corrected chi connectivity index (χ1v) is 8.27. The van der Waals surface area contributed by atoms with Gasteiger partial charge in [0.1, 0.15) is 5.75 Å². The predicted molar refractivity (Wildman–Crippen MR) is 88.1 cm³/mol. The second-order valence-corrected chi connectivity index (χ2v) is 5.62. The zero-order valence-electron chi connectivity index (χ0n) is 13.9. The van der Waals surface area contributed by atoms with Crippen LogP contribution in [0, 0.1) is 0 Å². The molecule has 0 aliphatic heterocycles. The molecular formula is C18H26O5. The average molecular weight is 322 g/mol. The van der Waals surface area contributed by atoms with Crippen LogP contribution in [0.5, 0.6) is 5.75 Å². The molecule has 2 N–H and O–H groups in total. The minimum absolute atomic E-state index is 0.0263. The van der Waals surface area contributed by atoms with Crippen LogP contribution in [0.2, 0.25) is 0 Å². The SMILES string of the molecule is CCCCCOC(=O)c1cc(O)cc(C(=O)O)c1CCCCC. The smallest absolute Gasteiger partial charge is 0.338 e. The fourth-order valence-corrected chi connectivity index (χ4v) is 2.45. The lowest BCUT2D eigenvalue weighted by molar-refractivity contribution is 0.0496. The van der Waals surface area contributed by atoms with Crippen molar-refractivity contribution in [3.63, 3.8) is 0 Å². The van der Waals surface area contributed by atoms with Crippen LogP contribution in [-0.2, 0) is 11.2 Å². The molecule has 23 heavy (non-hydrogen) atoms. The number of hydrogen-bond acceptors (Lipinski definition) is 4. The van der Waals surface area contributed by atoms with Gasteiger partial charge in [-0.3, -0.25) is 0 Å². The molecule has 0 unspecified atom stereocenters. The number of aromatic hydroxyl groups is 1. The number of carboxylic acid groups (broad SMARTS) is 1. The lowest BCUT2D eigenvalue weighted by Crippen LogP contribution is -2.13. The van der Waals surface area contributed by atoms with Gasteiger partial charge in [0.05, 0.1) is 17.7 Å². The van der Waals surface area contributed by atoms with E-state index in [1.807, 2.05) is 0 Å². The number of ether oxygens (including phenoxy) is 1. The molecule has 128 valence electrons.